The number of hydrogen-bond acceptors (Lipinski definition) is 5. The van der Waals surface area contributed by atoms with Crippen molar-refractivity contribution < 1.29 is 14.2 Å². The summed E-state index contributed by atoms with van der Waals surface area (Å²) in [6, 6.07) is 5.65. The molecule has 10 heteroatoms. The number of aliphatic hydroxyl groups excluding tert-OH is 1. The molecular weight excluding hydrogens is 495 g/mol. The fourth-order valence-corrected chi connectivity index (χ4v) is 5.40. The number of guanidine groups is 1. The minimum absolute atomic E-state index is 0.100. The highest BCUT2D eigenvalue weighted by atomic mass is 35.5. The van der Waals surface area contributed by atoms with Gasteiger partial charge in [0.15, 0.2) is 0 Å². The molecule has 0 aliphatic carbocycles. The van der Waals surface area contributed by atoms with E-state index in [4.69, 9.17) is 21.3 Å². The molecule has 1 aromatic carbocycles. The van der Waals surface area contributed by atoms with E-state index in [-0.39, 0.29) is 24.5 Å². The molecule has 3 heterocycles. The maximum absolute atomic E-state index is 15.6. The average Bonchev–Trinajstić information content (AvgIpc) is 3.37. The van der Waals surface area contributed by atoms with E-state index in [2.05, 4.69) is 42.9 Å². The van der Waals surface area contributed by atoms with E-state index in [0.717, 1.165) is 22.6 Å². The first-order valence-electron chi connectivity index (χ1n) is 12.7. The number of alkyl halides is 1. The van der Waals surface area contributed by atoms with Gasteiger partial charge in [-0.15, -0.1) is 0 Å². The van der Waals surface area contributed by atoms with Gasteiger partial charge >= 0.3 is 0 Å². The fourth-order valence-electron chi connectivity index (χ4n) is 5.04. The third-order valence-corrected chi connectivity index (χ3v) is 7.96. The minimum Gasteiger partial charge on any atom is -0.389 e. The number of aryl methyl sites for hydroxylation is 2. The van der Waals surface area contributed by atoms with Gasteiger partial charge in [0.2, 0.25) is 5.96 Å². The van der Waals surface area contributed by atoms with Crippen LogP contribution >= 0.6 is 11.6 Å². The van der Waals surface area contributed by atoms with Crippen LogP contribution in [0.3, 0.4) is 0 Å². The van der Waals surface area contributed by atoms with Gasteiger partial charge in [0, 0.05) is 36.0 Å². The predicted molar refractivity (Wildman–Crippen MR) is 147 cm³/mol. The molecule has 2 N–H and O–H groups in total. The Balaban J connectivity index is 1.57. The summed E-state index contributed by atoms with van der Waals surface area (Å²) >= 11 is 6.63. The van der Waals surface area contributed by atoms with Crippen molar-refractivity contribution in [2.24, 2.45) is 17.0 Å². The lowest BCUT2D eigenvalue weighted by atomic mass is 9.84. The first-order valence-corrected chi connectivity index (χ1v) is 13.0. The number of ether oxygens (including phenoxy) is 1. The highest BCUT2D eigenvalue weighted by Crippen LogP contribution is 2.40. The third kappa shape index (κ3) is 5.60. The molecule has 0 radical (unpaired) electrons. The van der Waals surface area contributed by atoms with Crippen LogP contribution < -0.4 is 5.32 Å². The SMILES string of the molecule is C=N/C(=N\c1cc([C@@H]2CCN([C@]3(C)COC[C@@H]3O)C[C@H]2F)c(Cl)cc1C)Nc1cc(C(C)(C)C)nn1C. The lowest BCUT2D eigenvalue weighted by molar-refractivity contribution is -0.0238. The Morgan fingerprint density at radius 3 is 2.65 bits per heavy atom. The molecule has 4 rings (SSSR count). The molecule has 0 bridgehead atoms. The molecule has 2 aliphatic heterocycles. The van der Waals surface area contributed by atoms with Gasteiger partial charge in [0.1, 0.15) is 12.0 Å². The van der Waals surface area contributed by atoms with Crippen LogP contribution in [0.15, 0.2) is 28.2 Å². The average molecular weight is 533 g/mol. The lowest BCUT2D eigenvalue weighted by Gasteiger charge is -2.45. The first kappa shape index (κ1) is 27.7. The number of nitrogens with one attached hydrogen (secondary N) is 1. The van der Waals surface area contributed by atoms with Crippen LogP contribution in [0.5, 0.6) is 0 Å². The summed E-state index contributed by atoms with van der Waals surface area (Å²) < 4.78 is 22.8. The van der Waals surface area contributed by atoms with Gasteiger partial charge in [0.05, 0.1) is 36.2 Å². The van der Waals surface area contributed by atoms with E-state index in [1.165, 1.54) is 0 Å². The highest BCUT2D eigenvalue weighted by molar-refractivity contribution is 6.31. The van der Waals surface area contributed by atoms with Gasteiger partial charge in [-0.2, -0.15) is 5.10 Å². The Kier molecular flexibility index (Phi) is 7.82. The standard InChI is InChI=1S/C27H38ClFN6O2/c1-16-10-19(28)18(17-8-9-35(13-20(17)29)27(5)15-37-14-23(27)36)11-21(16)31-25(30-6)32-24-12-22(26(2,3)4)33-34(24)7/h10-12,17,20,23,36H,6,8-9,13-15H2,1-5,7H3,(H,31,32)/t17-,20+,23-,27+/m0/s1. The van der Waals surface area contributed by atoms with E-state index in [9.17, 15) is 5.11 Å². The van der Waals surface area contributed by atoms with Gasteiger partial charge in [-0.3, -0.25) is 9.58 Å². The molecule has 0 amide bonds. The van der Waals surface area contributed by atoms with Crippen LogP contribution in [-0.4, -0.2) is 76.6 Å². The Morgan fingerprint density at radius 1 is 1.35 bits per heavy atom. The minimum atomic E-state index is -1.14. The van der Waals surface area contributed by atoms with Crippen molar-refractivity contribution in [3.05, 3.63) is 40.0 Å². The zero-order valence-corrected chi connectivity index (χ0v) is 23.3. The van der Waals surface area contributed by atoms with Crippen LogP contribution in [0.4, 0.5) is 15.9 Å². The molecule has 37 heavy (non-hydrogen) atoms. The topological polar surface area (TPSA) is 87.3 Å². The summed E-state index contributed by atoms with van der Waals surface area (Å²) in [4.78, 5) is 10.8. The third-order valence-electron chi connectivity index (χ3n) is 7.63. The van der Waals surface area contributed by atoms with Crippen molar-refractivity contribution in [2.45, 2.75) is 70.2 Å². The number of halogens is 2. The summed E-state index contributed by atoms with van der Waals surface area (Å²) in [5.74, 6) is 0.682. The molecule has 2 aliphatic rings. The van der Waals surface area contributed by atoms with Crippen molar-refractivity contribution >= 4 is 35.8 Å². The lowest BCUT2D eigenvalue weighted by Crippen LogP contribution is -2.58. The zero-order chi connectivity index (χ0) is 27.1. The second-order valence-electron chi connectivity index (χ2n) is 11.4. The molecule has 4 atom stereocenters. The summed E-state index contributed by atoms with van der Waals surface area (Å²) in [7, 11) is 1.86. The van der Waals surface area contributed by atoms with Crippen molar-refractivity contribution in [3.63, 3.8) is 0 Å². The number of aliphatic imine (C=N–C) groups is 2. The van der Waals surface area contributed by atoms with Crippen LogP contribution in [0.1, 0.15) is 56.9 Å². The Labute approximate surface area is 223 Å². The van der Waals surface area contributed by atoms with E-state index in [1.807, 2.05) is 44.0 Å². The van der Waals surface area contributed by atoms with Gasteiger partial charge in [-0.25, -0.2) is 14.4 Å². The number of benzene rings is 1. The Morgan fingerprint density at radius 2 is 2.08 bits per heavy atom. The van der Waals surface area contributed by atoms with E-state index < -0.39 is 17.8 Å². The molecular formula is C27H38ClFN6O2. The molecule has 2 saturated heterocycles. The van der Waals surface area contributed by atoms with Crippen LogP contribution in [0.25, 0.3) is 0 Å². The summed E-state index contributed by atoms with van der Waals surface area (Å²) in [5, 5.41) is 18.7. The first-order chi connectivity index (χ1) is 17.3. The molecule has 0 saturated carbocycles. The maximum atomic E-state index is 15.6. The van der Waals surface area contributed by atoms with Crippen molar-refractivity contribution in [3.8, 4) is 0 Å². The smallest absolute Gasteiger partial charge is 0.228 e. The van der Waals surface area contributed by atoms with Crippen molar-refractivity contribution in [2.75, 3.05) is 31.6 Å². The van der Waals surface area contributed by atoms with Crippen LogP contribution in [0.2, 0.25) is 5.02 Å². The zero-order valence-electron chi connectivity index (χ0n) is 22.6. The number of rotatable bonds is 4. The second-order valence-corrected chi connectivity index (χ2v) is 11.8. The molecule has 0 spiro atoms. The van der Waals surface area contributed by atoms with E-state index in [0.29, 0.717) is 36.2 Å². The quantitative estimate of drug-likeness (QED) is 0.438. The molecule has 8 nitrogen and oxygen atoms in total. The predicted octanol–water partition coefficient (Wildman–Crippen LogP) is 4.76. The van der Waals surface area contributed by atoms with Crippen LogP contribution in [0, 0.1) is 6.92 Å². The highest BCUT2D eigenvalue weighted by Gasteiger charge is 2.47. The Bertz CT molecular complexity index is 1190. The number of hydrogen-bond donors (Lipinski definition) is 2. The molecule has 2 fully saturated rings. The molecule has 0 unspecified atom stereocenters. The van der Waals surface area contributed by atoms with Gasteiger partial charge in [-0.05, 0) is 56.8 Å². The van der Waals surface area contributed by atoms with Gasteiger partial charge in [0.25, 0.3) is 0 Å². The number of aromatic nitrogens is 2. The summed E-state index contributed by atoms with van der Waals surface area (Å²) in [5.41, 5.74) is 2.49. The summed E-state index contributed by atoms with van der Waals surface area (Å²) in [6.07, 6.45) is -1.20. The monoisotopic (exact) mass is 532 g/mol. The van der Waals surface area contributed by atoms with Crippen molar-refractivity contribution in [1.82, 2.24) is 14.7 Å². The largest absolute Gasteiger partial charge is 0.389 e. The van der Waals surface area contributed by atoms with E-state index >= 15 is 4.39 Å². The number of piperidine rings is 1. The van der Waals surface area contributed by atoms with Crippen LogP contribution in [-0.2, 0) is 17.2 Å². The number of aliphatic hydroxyl groups is 1. The summed E-state index contributed by atoms with van der Waals surface area (Å²) in [6.45, 7) is 15.4. The normalized spacial score (nSPS) is 27.5. The second kappa shape index (κ2) is 10.4. The number of likely N-dealkylation sites (tertiary alicyclic amines) is 1. The maximum Gasteiger partial charge on any atom is 0.228 e. The Hall–Kier alpha value is -2.33. The van der Waals surface area contributed by atoms with Gasteiger partial charge < -0.3 is 15.2 Å². The number of nitrogens with zero attached hydrogens (tertiary/aromatic N) is 5. The van der Waals surface area contributed by atoms with Gasteiger partial charge in [-0.1, -0.05) is 32.4 Å². The molecule has 1 aromatic heterocycles. The van der Waals surface area contributed by atoms with E-state index in [1.54, 1.807) is 4.68 Å². The molecule has 202 valence electrons. The number of anilines is 1. The van der Waals surface area contributed by atoms with Crippen molar-refractivity contribution in [1.29, 1.82) is 0 Å². The molecule has 2 aromatic rings. The fraction of sp³-hybridized carbons (Fsp3) is 0.593.